The second-order valence-electron chi connectivity index (χ2n) is 4.26. The second-order valence-corrected chi connectivity index (χ2v) is 4.26. The number of hydrogen-bond acceptors (Lipinski definition) is 5. The number of carboxylic acid groups (broad SMARTS) is 2. The molecule has 4 N–H and O–H groups in total. The Morgan fingerprint density at radius 1 is 0.909 bits per heavy atom. The van der Waals surface area contributed by atoms with Crippen molar-refractivity contribution in [3.63, 3.8) is 0 Å². The summed E-state index contributed by atoms with van der Waals surface area (Å²) in [5.74, 6) is -2.42. The van der Waals surface area contributed by atoms with Crippen molar-refractivity contribution in [2.45, 2.75) is 68.4 Å². The molecular weight excluding hydrogens is 290 g/mol. The van der Waals surface area contributed by atoms with Gasteiger partial charge in [-0.25, -0.2) is 0 Å². The highest BCUT2D eigenvalue weighted by atomic mass is 16.4. The zero-order valence-corrected chi connectivity index (χ0v) is 11.4. The minimum absolute atomic E-state index is 0. The summed E-state index contributed by atoms with van der Waals surface area (Å²) in [5, 5.41) is 16.4. The van der Waals surface area contributed by atoms with Crippen LogP contribution in [0.4, 0.5) is 0 Å². The molecular formula is C15H33NO6. The van der Waals surface area contributed by atoms with E-state index in [1.165, 1.54) is 13.8 Å². The lowest BCUT2D eigenvalue weighted by molar-refractivity contribution is -0.140. The number of carbonyl (C=O) groups excluding carboxylic acids is 2. The third-order valence-corrected chi connectivity index (χ3v) is 2.37. The summed E-state index contributed by atoms with van der Waals surface area (Å²) in [4.78, 5) is 40.8. The first-order valence-corrected chi connectivity index (χ1v) is 5.78. The van der Waals surface area contributed by atoms with Crippen molar-refractivity contribution in [3.8, 4) is 0 Å². The fourth-order valence-electron chi connectivity index (χ4n) is 0.888. The Balaban J connectivity index is -0.0000000774. The van der Waals surface area contributed by atoms with Gasteiger partial charge in [0.15, 0.2) is 0 Å². The van der Waals surface area contributed by atoms with Gasteiger partial charge in [-0.15, -0.1) is 0 Å². The number of carboxylic acids is 2. The molecule has 0 aromatic heterocycles. The summed E-state index contributed by atoms with van der Waals surface area (Å²) in [5.41, 5.74) is 5.25. The summed E-state index contributed by atoms with van der Waals surface area (Å²) in [7, 11) is 0. The zero-order valence-electron chi connectivity index (χ0n) is 11.4. The third kappa shape index (κ3) is 23.3. The molecule has 2 unspecified atom stereocenters. The highest BCUT2D eigenvalue weighted by molar-refractivity contribution is 5.82. The molecule has 0 radical (unpaired) electrons. The van der Waals surface area contributed by atoms with E-state index in [2.05, 4.69) is 0 Å². The van der Waals surface area contributed by atoms with Crippen LogP contribution >= 0.6 is 0 Å². The van der Waals surface area contributed by atoms with Gasteiger partial charge < -0.3 is 15.9 Å². The van der Waals surface area contributed by atoms with E-state index in [-0.39, 0.29) is 59.0 Å². The predicted octanol–water partition coefficient (Wildman–Crippen LogP) is 2.36. The minimum atomic E-state index is -0.920. The first-order chi connectivity index (χ1) is 8.57. The first kappa shape index (κ1) is 32.3. The van der Waals surface area contributed by atoms with E-state index in [0.29, 0.717) is 0 Å². The Labute approximate surface area is 133 Å². The van der Waals surface area contributed by atoms with Gasteiger partial charge in [0, 0.05) is 12.3 Å². The van der Waals surface area contributed by atoms with Crippen molar-refractivity contribution >= 4 is 23.5 Å². The van der Waals surface area contributed by atoms with E-state index in [1.54, 1.807) is 6.92 Å². The van der Waals surface area contributed by atoms with Crippen LogP contribution in [0.1, 0.15) is 62.3 Å². The maximum Gasteiger partial charge on any atom is 0.304 e. The van der Waals surface area contributed by atoms with Crippen LogP contribution in [0.2, 0.25) is 0 Å². The van der Waals surface area contributed by atoms with Crippen LogP contribution in [-0.2, 0) is 19.2 Å². The largest absolute Gasteiger partial charge is 0.481 e. The van der Waals surface area contributed by atoms with Crippen LogP contribution in [0.25, 0.3) is 0 Å². The molecule has 7 heteroatoms. The number of rotatable bonds is 7. The number of ketones is 2. The van der Waals surface area contributed by atoms with Crippen LogP contribution < -0.4 is 5.73 Å². The maximum absolute atomic E-state index is 10.4. The van der Waals surface area contributed by atoms with Crippen LogP contribution in [0, 0.1) is 5.92 Å². The van der Waals surface area contributed by atoms with Gasteiger partial charge in [0.1, 0.15) is 11.6 Å². The van der Waals surface area contributed by atoms with Crippen molar-refractivity contribution < 1.29 is 29.4 Å². The molecule has 2 atom stereocenters. The van der Waals surface area contributed by atoms with E-state index in [0.717, 1.165) is 0 Å². The molecule has 0 rings (SSSR count). The van der Waals surface area contributed by atoms with Crippen LogP contribution in [0.3, 0.4) is 0 Å². The van der Waals surface area contributed by atoms with Crippen molar-refractivity contribution in [1.82, 2.24) is 0 Å². The fourth-order valence-corrected chi connectivity index (χ4v) is 0.888. The molecule has 0 spiro atoms. The van der Waals surface area contributed by atoms with Crippen LogP contribution in [0.15, 0.2) is 0 Å². The Kier molecular flexibility index (Phi) is 25.4. The summed E-state index contributed by atoms with van der Waals surface area (Å²) in [6, 6.07) is -0.615. The van der Waals surface area contributed by atoms with Crippen molar-refractivity contribution in [2.24, 2.45) is 11.7 Å². The average Bonchev–Trinajstić information content (AvgIpc) is 2.25. The SMILES string of the molecule is C.C.C.CC(=O)C(C)CC(=O)O.CC(=O)C(N)CCC(=O)O. The molecule has 134 valence electrons. The lowest BCUT2D eigenvalue weighted by atomic mass is 10.0. The first-order valence-electron chi connectivity index (χ1n) is 5.78. The zero-order chi connectivity index (χ0) is 15.6. The molecule has 22 heavy (non-hydrogen) atoms. The smallest absolute Gasteiger partial charge is 0.304 e. The van der Waals surface area contributed by atoms with E-state index in [9.17, 15) is 19.2 Å². The molecule has 7 nitrogen and oxygen atoms in total. The number of carbonyl (C=O) groups is 4. The van der Waals surface area contributed by atoms with Gasteiger partial charge >= 0.3 is 11.9 Å². The number of hydrogen-bond donors (Lipinski definition) is 3. The van der Waals surface area contributed by atoms with E-state index < -0.39 is 18.0 Å². The van der Waals surface area contributed by atoms with Crippen LogP contribution in [-0.4, -0.2) is 39.8 Å². The van der Waals surface area contributed by atoms with Gasteiger partial charge in [0.25, 0.3) is 0 Å². The highest BCUT2D eigenvalue weighted by Crippen LogP contribution is 2.01. The van der Waals surface area contributed by atoms with E-state index in [4.69, 9.17) is 15.9 Å². The normalized spacial score (nSPS) is 10.9. The fraction of sp³-hybridized carbons (Fsp3) is 0.733. The Morgan fingerprint density at radius 2 is 1.32 bits per heavy atom. The van der Waals surface area contributed by atoms with E-state index in [1.807, 2.05) is 0 Å². The molecule has 0 amide bonds. The molecule has 0 saturated heterocycles. The molecule has 0 aromatic rings. The minimum Gasteiger partial charge on any atom is -0.481 e. The van der Waals surface area contributed by atoms with Gasteiger partial charge in [0.05, 0.1) is 12.5 Å². The maximum atomic E-state index is 10.4. The molecule has 0 saturated carbocycles. The highest BCUT2D eigenvalue weighted by Gasteiger charge is 2.11. The summed E-state index contributed by atoms with van der Waals surface area (Å²) in [6.07, 6.45) is 0.126. The Bertz CT molecular complexity index is 341. The van der Waals surface area contributed by atoms with Crippen molar-refractivity contribution in [3.05, 3.63) is 0 Å². The Hall–Kier alpha value is -1.76. The summed E-state index contributed by atoms with van der Waals surface area (Å²) in [6.45, 7) is 4.36. The van der Waals surface area contributed by atoms with Gasteiger partial charge in [-0.1, -0.05) is 29.2 Å². The van der Waals surface area contributed by atoms with Gasteiger partial charge in [-0.2, -0.15) is 0 Å². The summed E-state index contributed by atoms with van der Waals surface area (Å²) < 4.78 is 0. The van der Waals surface area contributed by atoms with Crippen LogP contribution in [0.5, 0.6) is 0 Å². The molecule has 0 aliphatic rings. The number of aliphatic carboxylic acids is 2. The molecule has 0 bridgehead atoms. The molecule has 0 aromatic carbocycles. The monoisotopic (exact) mass is 323 g/mol. The quantitative estimate of drug-likeness (QED) is 0.654. The topological polar surface area (TPSA) is 135 Å². The lowest BCUT2D eigenvalue weighted by Gasteiger charge is -2.03. The predicted molar refractivity (Wildman–Crippen MR) is 87.8 cm³/mol. The van der Waals surface area contributed by atoms with Crippen molar-refractivity contribution in [2.75, 3.05) is 0 Å². The molecule has 0 aliphatic carbocycles. The van der Waals surface area contributed by atoms with Gasteiger partial charge in [-0.05, 0) is 20.3 Å². The number of Topliss-reactive ketones (excluding diaryl/α,β-unsaturated/α-hetero) is 2. The van der Waals surface area contributed by atoms with Gasteiger partial charge in [0.2, 0.25) is 0 Å². The molecule has 0 heterocycles. The number of nitrogens with two attached hydrogens (primary N) is 1. The molecule has 0 fully saturated rings. The lowest BCUT2D eigenvalue weighted by Crippen LogP contribution is -2.28. The second kappa shape index (κ2) is 17.3. The third-order valence-electron chi connectivity index (χ3n) is 2.37. The van der Waals surface area contributed by atoms with Gasteiger partial charge in [-0.3, -0.25) is 19.2 Å². The summed E-state index contributed by atoms with van der Waals surface area (Å²) >= 11 is 0. The average molecular weight is 323 g/mol. The Morgan fingerprint density at radius 3 is 1.50 bits per heavy atom. The van der Waals surface area contributed by atoms with Crippen molar-refractivity contribution in [1.29, 1.82) is 0 Å². The van der Waals surface area contributed by atoms with E-state index >= 15 is 0 Å². The standard InChI is InChI=1S/C6H11NO3.C6H10O3.3CH4/c1-4(8)5(7)2-3-6(9)10;1-4(5(2)7)3-6(8)9;;;/h5H,2-3,7H2,1H3,(H,9,10);4H,3H2,1-2H3,(H,8,9);3*1H4. The molecule has 0 aliphatic heterocycles.